The van der Waals surface area contributed by atoms with Gasteiger partial charge < -0.3 is 16.2 Å². The molecule has 104 valence electrons. The number of carboxylic acids is 1. The molecule has 1 aromatic carbocycles. The molecule has 2 aromatic rings. The van der Waals surface area contributed by atoms with Gasteiger partial charge in [-0.25, -0.2) is 4.68 Å². The summed E-state index contributed by atoms with van der Waals surface area (Å²) >= 11 is 0. The van der Waals surface area contributed by atoms with Crippen LogP contribution in [-0.4, -0.2) is 43.2 Å². The van der Waals surface area contributed by atoms with E-state index in [1.165, 1.54) is 11.0 Å². The molecule has 9 heteroatoms. The fraction of sp³-hybridized carbons (Fsp3) is 0.182. The van der Waals surface area contributed by atoms with Gasteiger partial charge in [0.25, 0.3) is 0 Å². The van der Waals surface area contributed by atoms with Gasteiger partial charge in [0.1, 0.15) is 6.33 Å². The van der Waals surface area contributed by atoms with E-state index in [0.717, 1.165) is 5.69 Å². The fourth-order valence-electron chi connectivity index (χ4n) is 1.49. The Hall–Kier alpha value is -2.81. The largest absolute Gasteiger partial charge is 0.481 e. The van der Waals surface area contributed by atoms with Crippen molar-refractivity contribution in [2.24, 2.45) is 5.73 Å². The van der Waals surface area contributed by atoms with E-state index >= 15 is 0 Å². The van der Waals surface area contributed by atoms with Crippen LogP contribution >= 0.6 is 0 Å². The summed E-state index contributed by atoms with van der Waals surface area (Å²) in [6.45, 7) is 0. The van der Waals surface area contributed by atoms with E-state index in [1.54, 1.807) is 24.3 Å². The van der Waals surface area contributed by atoms with Crippen LogP contribution in [0.5, 0.6) is 0 Å². The average molecular weight is 276 g/mol. The van der Waals surface area contributed by atoms with E-state index in [9.17, 15) is 9.59 Å². The lowest BCUT2D eigenvalue weighted by molar-refractivity contribution is -0.138. The Kier molecular flexibility index (Phi) is 4.01. The SMILES string of the molecule is NC(CC(=O)O)C(=O)Nc1ccc(-n2cnnn2)cc1. The quantitative estimate of drug-likeness (QED) is 0.663. The number of carbonyl (C=O) groups is 2. The van der Waals surface area contributed by atoms with Crippen molar-refractivity contribution < 1.29 is 14.7 Å². The van der Waals surface area contributed by atoms with Gasteiger partial charge in [-0.15, -0.1) is 5.10 Å². The molecule has 1 atom stereocenters. The van der Waals surface area contributed by atoms with Crippen LogP contribution in [0.1, 0.15) is 6.42 Å². The predicted molar refractivity (Wildman–Crippen MR) is 68.0 cm³/mol. The first kappa shape index (κ1) is 13.6. The molecule has 0 aliphatic rings. The molecule has 1 heterocycles. The van der Waals surface area contributed by atoms with Crippen molar-refractivity contribution in [1.82, 2.24) is 20.2 Å². The lowest BCUT2D eigenvalue weighted by Gasteiger charge is -2.10. The first-order valence-corrected chi connectivity index (χ1v) is 5.68. The second-order valence-corrected chi connectivity index (χ2v) is 3.99. The number of carboxylic acid groups (broad SMARTS) is 1. The molecule has 0 bridgehead atoms. The molecule has 0 radical (unpaired) electrons. The standard InChI is InChI=1S/C11H12N6O3/c12-9(5-10(18)19)11(20)14-7-1-3-8(4-2-7)17-6-13-15-16-17/h1-4,6,9H,5,12H2,(H,14,20)(H,18,19). The fourth-order valence-corrected chi connectivity index (χ4v) is 1.49. The minimum absolute atomic E-state index is 0.422. The minimum atomic E-state index is -1.12. The number of hydrogen-bond donors (Lipinski definition) is 3. The number of amides is 1. The van der Waals surface area contributed by atoms with Gasteiger partial charge in [-0.05, 0) is 34.7 Å². The lowest BCUT2D eigenvalue weighted by atomic mass is 10.2. The van der Waals surface area contributed by atoms with Crippen LogP contribution in [0.3, 0.4) is 0 Å². The normalized spacial score (nSPS) is 11.8. The number of tetrazole rings is 1. The van der Waals surface area contributed by atoms with Crippen molar-refractivity contribution in [3.05, 3.63) is 30.6 Å². The molecule has 1 unspecified atom stereocenters. The molecule has 1 aromatic heterocycles. The first-order chi connectivity index (χ1) is 9.56. The zero-order valence-electron chi connectivity index (χ0n) is 10.3. The molecule has 0 spiro atoms. The zero-order valence-corrected chi connectivity index (χ0v) is 10.3. The van der Waals surface area contributed by atoms with Crippen LogP contribution in [0.2, 0.25) is 0 Å². The van der Waals surface area contributed by atoms with Gasteiger partial charge in [0.2, 0.25) is 5.91 Å². The van der Waals surface area contributed by atoms with Crippen molar-refractivity contribution in [1.29, 1.82) is 0 Å². The number of benzene rings is 1. The molecule has 0 saturated heterocycles. The van der Waals surface area contributed by atoms with Gasteiger partial charge in [-0.1, -0.05) is 0 Å². The van der Waals surface area contributed by atoms with E-state index in [4.69, 9.17) is 10.8 Å². The van der Waals surface area contributed by atoms with Gasteiger partial charge >= 0.3 is 5.97 Å². The molecule has 0 saturated carbocycles. The second-order valence-electron chi connectivity index (χ2n) is 3.99. The molecule has 9 nitrogen and oxygen atoms in total. The van der Waals surface area contributed by atoms with Gasteiger partial charge in [0.15, 0.2) is 0 Å². The Balaban J connectivity index is 2.00. The van der Waals surface area contributed by atoms with Crippen molar-refractivity contribution >= 4 is 17.6 Å². The summed E-state index contributed by atoms with van der Waals surface area (Å²) in [4.78, 5) is 22.1. The maximum Gasteiger partial charge on any atom is 0.305 e. The van der Waals surface area contributed by atoms with Gasteiger partial charge in [0, 0.05) is 5.69 Å². The number of aromatic nitrogens is 4. The highest BCUT2D eigenvalue weighted by Crippen LogP contribution is 2.12. The number of carbonyl (C=O) groups excluding carboxylic acids is 1. The maximum absolute atomic E-state index is 11.6. The Bertz CT molecular complexity index is 595. The topological polar surface area (TPSA) is 136 Å². The molecule has 1 amide bonds. The molecule has 4 N–H and O–H groups in total. The number of nitrogens with two attached hydrogens (primary N) is 1. The van der Waals surface area contributed by atoms with Crippen molar-refractivity contribution in [3.8, 4) is 5.69 Å². The van der Waals surface area contributed by atoms with Gasteiger partial charge in [-0.2, -0.15) is 0 Å². The summed E-state index contributed by atoms with van der Waals surface area (Å²) in [7, 11) is 0. The van der Waals surface area contributed by atoms with Gasteiger partial charge in [-0.3, -0.25) is 9.59 Å². The number of rotatable bonds is 5. The summed E-state index contributed by atoms with van der Waals surface area (Å²) in [5.74, 6) is -1.68. The number of aliphatic carboxylic acids is 1. The average Bonchev–Trinajstić information content (AvgIpc) is 2.92. The number of nitrogens with zero attached hydrogens (tertiary/aromatic N) is 4. The Morgan fingerprint density at radius 1 is 1.35 bits per heavy atom. The molecular formula is C11H12N6O3. The summed E-state index contributed by atoms with van der Waals surface area (Å²) in [6.07, 6.45) is 1.02. The first-order valence-electron chi connectivity index (χ1n) is 5.68. The van der Waals surface area contributed by atoms with Crippen LogP contribution in [0.25, 0.3) is 5.69 Å². The van der Waals surface area contributed by atoms with E-state index in [-0.39, 0.29) is 0 Å². The van der Waals surface area contributed by atoms with E-state index in [2.05, 4.69) is 20.8 Å². The minimum Gasteiger partial charge on any atom is -0.481 e. The smallest absolute Gasteiger partial charge is 0.305 e. The van der Waals surface area contributed by atoms with Crippen molar-refractivity contribution in [2.45, 2.75) is 12.5 Å². The Morgan fingerprint density at radius 2 is 2.05 bits per heavy atom. The second kappa shape index (κ2) is 5.89. The lowest BCUT2D eigenvalue weighted by Crippen LogP contribution is -2.37. The Morgan fingerprint density at radius 3 is 2.60 bits per heavy atom. The molecular weight excluding hydrogens is 264 g/mol. The van der Waals surface area contributed by atoms with Crippen molar-refractivity contribution in [3.63, 3.8) is 0 Å². The van der Waals surface area contributed by atoms with E-state index < -0.39 is 24.3 Å². The predicted octanol–water partition coefficient (Wildman–Crippen LogP) is -0.597. The molecule has 0 fully saturated rings. The van der Waals surface area contributed by atoms with Crippen LogP contribution in [0, 0.1) is 0 Å². The zero-order chi connectivity index (χ0) is 14.5. The number of hydrogen-bond acceptors (Lipinski definition) is 6. The number of nitrogens with one attached hydrogen (secondary N) is 1. The summed E-state index contributed by atoms with van der Waals surface area (Å²) < 4.78 is 1.46. The van der Waals surface area contributed by atoms with Crippen LogP contribution in [0.15, 0.2) is 30.6 Å². The highest BCUT2D eigenvalue weighted by atomic mass is 16.4. The molecule has 20 heavy (non-hydrogen) atoms. The van der Waals surface area contributed by atoms with Crippen LogP contribution in [0.4, 0.5) is 5.69 Å². The van der Waals surface area contributed by atoms with E-state index in [1.807, 2.05) is 0 Å². The highest BCUT2D eigenvalue weighted by molar-refractivity contribution is 5.96. The third kappa shape index (κ3) is 3.36. The number of anilines is 1. The summed E-state index contributed by atoms with van der Waals surface area (Å²) in [6, 6.07) is 5.60. The third-order valence-electron chi connectivity index (χ3n) is 2.48. The molecule has 0 aliphatic carbocycles. The molecule has 2 rings (SSSR count). The highest BCUT2D eigenvalue weighted by Gasteiger charge is 2.16. The van der Waals surface area contributed by atoms with Crippen molar-refractivity contribution in [2.75, 3.05) is 5.32 Å². The Labute approximate surface area is 113 Å². The monoisotopic (exact) mass is 276 g/mol. The summed E-state index contributed by atoms with van der Waals surface area (Å²) in [5, 5.41) is 21.8. The van der Waals surface area contributed by atoms with E-state index in [0.29, 0.717) is 5.69 Å². The van der Waals surface area contributed by atoms with Crippen LogP contribution in [-0.2, 0) is 9.59 Å². The van der Waals surface area contributed by atoms with Crippen LogP contribution < -0.4 is 11.1 Å². The third-order valence-corrected chi connectivity index (χ3v) is 2.48. The van der Waals surface area contributed by atoms with Gasteiger partial charge in [0.05, 0.1) is 18.2 Å². The summed E-state index contributed by atoms with van der Waals surface area (Å²) in [5.41, 5.74) is 6.68. The molecule has 0 aliphatic heterocycles. The maximum atomic E-state index is 11.6.